The van der Waals surface area contributed by atoms with Gasteiger partial charge in [0.25, 0.3) is 0 Å². The van der Waals surface area contributed by atoms with E-state index >= 15 is 0 Å². The van der Waals surface area contributed by atoms with Crippen molar-refractivity contribution in [2.24, 2.45) is 53.3 Å². The summed E-state index contributed by atoms with van der Waals surface area (Å²) in [6.45, 7) is 10.0. The molecule has 0 saturated heterocycles. The van der Waals surface area contributed by atoms with Gasteiger partial charge in [0.15, 0.2) is 0 Å². The van der Waals surface area contributed by atoms with Gasteiger partial charge in [-0.05, 0) is 209 Å². The Morgan fingerprint density at radius 1 is 0.452 bits per heavy atom. The van der Waals surface area contributed by atoms with E-state index in [-0.39, 0.29) is 10.8 Å². The molecule has 13 rings (SSSR count). The van der Waals surface area contributed by atoms with E-state index in [9.17, 15) is 5.11 Å². The van der Waals surface area contributed by atoms with Crippen LogP contribution in [-0.2, 0) is 21.7 Å². The van der Waals surface area contributed by atoms with E-state index in [2.05, 4.69) is 27.7 Å². The fourth-order valence-electron chi connectivity index (χ4n) is 16.7. The highest BCUT2D eigenvalue weighted by molar-refractivity contribution is 5.65. The Morgan fingerprint density at radius 2 is 0.714 bits per heavy atom. The molecular formula is C41H58O. The first-order valence-electron chi connectivity index (χ1n) is 18.9. The summed E-state index contributed by atoms with van der Waals surface area (Å²) in [6.07, 6.45) is 26.2. The standard InChI is InChI=1S/C41H58O/c1-23-33(39-14-24-5-25(15-39)7-26(6-24)16-39)35(38(2,3)4)37(42)36(41-20-30-11-31(21-41)13-32(12-30)22-41)34(23)40-17-27-8-28(18-40)10-29(9-27)19-40/h24-32,42H,5-22H2,1-4H3. The van der Waals surface area contributed by atoms with Gasteiger partial charge in [0, 0.05) is 16.5 Å². The Hall–Kier alpha value is -0.980. The molecule has 1 aromatic carbocycles. The van der Waals surface area contributed by atoms with E-state index in [0.717, 1.165) is 59.0 Å². The molecule has 1 heteroatoms. The Kier molecular flexibility index (Phi) is 5.15. The lowest BCUT2D eigenvalue weighted by Gasteiger charge is -2.62. The largest absolute Gasteiger partial charge is 0.507 e. The molecule has 1 aromatic rings. The Morgan fingerprint density at radius 3 is 1.00 bits per heavy atom. The predicted octanol–water partition coefficient (Wildman–Crippen LogP) is 10.4. The van der Waals surface area contributed by atoms with Crippen LogP contribution in [0.3, 0.4) is 0 Å². The van der Waals surface area contributed by atoms with Crippen LogP contribution in [0, 0.1) is 60.2 Å². The maximum Gasteiger partial charge on any atom is 0.123 e. The fraction of sp³-hybridized carbons (Fsp3) is 0.854. The molecule has 0 amide bonds. The summed E-state index contributed by atoms with van der Waals surface area (Å²) in [4.78, 5) is 0. The number of benzene rings is 1. The van der Waals surface area contributed by atoms with Crippen LogP contribution in [0.1, 0.15) is 164 Å². The molecule has 0 atom stereocenters. The summed E-state index contributed by atoms with van der Waals surface area (Å²) in [5.74, 6) is 9.28. The van der Waals surface area contributed by atoms with Crippen LogP contribution in [-0.4, -0.2) is 5.11 Å². The van der Waals surface area contributed by atoms with E-state index in [0.29, 0.717) is 10.8 Å². The van der Waals surface area contributed by atoms with Crippen molar-refractivity contribution in [3.8, 4) is 5.75 Å². The average Bonchev–Trinajstić information content (AvgIpc) is 2.86. The highest BCUT2D eigenvalue weighted by Gasteiger charge is 2.60. The minimum atomic E-state index is -0.0233. The fourth-order valence-corrected chi connectivity index (χ4v) is 16.7. The molecule has 0 heterocycles. The van der Waals surface area contributed by atoms with Crippen LogP contribution in [0.2, 0.25) is 0 Å². The molecule has 0 spiro atoms. The van der Waals surface area contributed by atoms with Gasteiger partial charge in [0.2, 0.25) is 0 Å². The van der Waals surface area contributed by atoms with E-state index < -0.39 is 0 Å². The lowest BCUT2D eigenvalue weighted by molar-refractivity contribution is -0.0199. The van der Waals surface area contributed by atoms with Crippen molar-refractivity contribution in [2.75, 3.05) is 0 Å². The zero-order valence-electron chi connectivity index (χ0n) is 27.4. The van der Waals surface area contributed by atoms with Crippen molar-refractivity contribution in [3.05, 3.63) is 27.8 Å². The quantitative estimate of drug-likeness (QED) is 0.386. The Balaban J connectivity index is 1.27. The van der Waals surface area contributed by atoms with E-state index in [1.54, 1.807) is 22.3 Å². The van der Waals surface area contributed by atoms with Crippen molar-refractivity contribution < 1.29 is 5.11 Å². The topological polar surface area (TPSA) is 20.2 Å². The van der Waals surface area contributed by atoms with E-state index in [4.69, 9.17) is 0 Å². The molecule has 1 nitrogen and oxygen atoms in total. The van der Waals surface area contributed by atoms with Gasteiger partial charge in [-0.25, -0.2) is 0 Å². The summed E-state index contributed by atoms with van der Waals surface area (Å²) >= 11 is 0. The first-order valence-corrected chi connectivity index (χ1v) is 18.9. The van der Waals surface area contributed by atoms with Crippen LogP contribution in [0.15, 0.2) is 0 Å². The minimum absolute atomic E-state index is 0.0233. The van der Waals surface area contributed by atoms with Crippen molar-refractivity contribution in [1.29, 1.82) is 0 Å². The van der Waals surface area contributed by atoms with E-state index in [1.165, 1.54) is 121 Å². The second kappa shape index (κ2) is 8.23. The molecule has 12 bridgehead atoms. The minimum Gasteiger partial charge on any atom is -0.507 e. The second-order valence-electron chi connectivity index (χ2n) is 20.3. The predicted molar refractivity (Wildman–Crippen MR) is 171 cm³/mol. The molecule has 12 aliphatic carbocycles. The third-order valence-electron chi connectivity index (χ3n) is 16.2. The maximum absolute atomic E-state index is 13.3. The van der Waals surface area contributed by atoms with Crippen LogP contribution < -0.4 is 0 Å². The highest BCUT2D eigenvalue weighted by atomic mass is 16.3. The summed E-state index contributed by atoms with van der Waals surface area (Å²) in [5.41, 5.74) is 9.20. The summed E-state index contributed by atoms with van der Waals surface area (Å²) in [7, 11) is 0. The molecule has 0 unspecified atom stereocenters. The van der Waals surface area contributed by atoms with Crippen molar-refractivity contribution in [3.63, 3.8) is 0 Å². The Labute approximate surface area is 256 Å². The molecule has 12 aliphatic rings. The summed E-state index contributed by atoms with van der Waals surface area (Å²) in [6, 6.07) is 0. The van der Waals surface area contributed by atoms with Crippen molar-refractivity contribution in [1.82, 2.24) is 0 Å². The molecule has 228 valence electrons. The molecule has 42 heavy (non-hydrogen) atoms. The third kappa shape index (κ3) is 3.44. The van der Waals surface area contributed by atoms with E-state index in [1.807, 2.05) is 0 Å². The molecular weight excluding hydrogens is 508 g/mol. The summed E-state index contributed by atoms with van der Waals surface area (Å²) < 4.78 is 0. The van der Waals surface area contributed by atoms with Crippen LogP contribution >= 0.6 is 0 Å². The number of phenols is 1. The molecule has 0 aromatic heterocycles. The number of hydrogen-bond donors (Lipinski definition) is 1. The first-order chi connectivity index (χ1) is 20.0. The normalized spacial score (nSPS) is 51.2. The van der Waals surface area contributed by atoms with Gasteiger partial charge in [0.1, 0.15) is 5.75 Å². The van der Waals surface area contributed by atoms with Crippen LogP contribution in [0.4, 0.5) is 0 Å². The average molecular weight is 567 g/mol. The van der Waals surface area contributed by atoms with Gasteiger partial charge in [-0.1, -0.05) is 20.8 Å². The van der Waals surface area contributed by atoms with Gasteiger partial charge in [-0.3, -0.25) is 0 Å². The lowest BCUT2D eigenvalue weighted by Crippen LogP contribution is -2.54. The molecule has 1 N–H and O–H groups in total. The van der Waals surface area contributed by atoms with Gasteiger partial charge in [0.05, 0.1) is 0 Å². The molecule has 0 aliphatic heterocycles. The Bertz CT molecular complexity index is 1230. The number of phenolic OH excluding ortho intramolecular Hbond substituents is 1. The van der Waals surface area contributed by atoms with Gasteiger partial charge >= 0.3 is 0 Å². The molecule has 12 saturated carbocycles. The van der Waals surface area contributed by atoms with Gasteiger partial charge in [-0.2, -0.15) is 0 Å². The SMILES string of the molecule is Cc1c(C23CC4CC(CC(C4)C2)C3)c(C(C)(C)C)c(O)c(C23CC4CC(CC(C4)C2)C3)c1C12CC3CC(CC(C3)C1)C2. The van der Waals surface area contributed by atoms with Crippen LogP contribution in [0.25, 0.3) is 0 Å². The molecule has 0 radical (unpaired) electrons. The summed E-state index contributed by atoms with van der Waals surface area (Å²) in [5, 5.41) is 13.3. The number of hydrogen-bond acceptors (Lipinski definition) is 1. The van der Waals surface area contributed by atoms with Crippen LogP contribution in [0.5, 0.6) is 5.75 Å². The number of aromatic hydroxyl groups is 1. The third-order valence-corrected chi connectivity index (χ3v) is 16.2. The second-order valence-corrected chi connectivity index (χ2v) is 20.3. The lowest BCUT2D eigenvalue weighted by atomic mass is 9.42. The number of rotatable bonds is 3. The monoisotopic (exact) mass is 566 g/mol. The van der Waals surface area contributed by atoms with Gasteiger partial charge < -0.3 is 5.11 Å². The van der Waals surface area contributed by atoms with Crippen molar-refractivity contribution in [2.45, 2.75) is 165 Å². The zero-order chi connectivity index (χ0) is 28.4. The van der Waals surface area contributed by atoms with Gasteiger partial charge in [-0.15, -0.1) is 0 Å². The molecule has 12 fully saturated rings. The smallest absolute Gasteiger partial charge is 0.123 e. The highest BCUT2D eigenvalue weighted by Crippen LogP contribution is 2.70. The maximum atomic E-state index is 13.3. The van der Waals surface area contributed by atoms with Crippen molar-refractivity contribution >= 4 is 0 Å². The first kappa shape index (κ1) is 26.3. The zero-order valence-corrected chi connectivity index (χ0v) is 27.4.